The van der Waals surface area contributed by atoms with Gasteiger partial charge in [-0.25, -0.2) is 4.90 Å². The summed E-state index contributed by atoms with van der Waals surface area (Å²) in [6.45, 7) is 5.76. The quantitative estimate of drug-likeness (QED) is 0.585. The van der Waals surface area contributed by atoms with Gasteiger partial charge < -0.3 is 9.64 Å². The minimum absolute atomic E-state index is 0.347. The van der Waals surface area contributed by atoms with Crippen molar-refractivity contribution in [2.45, 2.75) is 20.3 Å². The van der Waals surface area contributed by atoms with E-state index in [0.29, 0.717) is 63.2 Å². The maximum absolute atomic E-state index is 13.7. The number of methoxy groups -OCH3 is 1. The van der Waals surface area contributed by atoms with E-state index in [4.69, 9.17) is 27.9 Å². The molecule has 2 heterocycles. The molecule has 2 aromatic rings. The summed E-state index contributed by atoms with van der Waals surface area (Å²) in [5, 5.41) is 0.714. The molecule has 5 nitrogen and oxygen atoms in total. The second kappa shape index (κ2) is 8.56. The van der Waals surface area contributed by atoms with Crippen LogP contribution >= 0.6 is 23.2 Å². The maximum Gasteiger partial charge on any atom is 0.282 e. The van der Waals surface area contributed by atoms with Crippen molar-refractivity contribution in [2.24, 2.45) is 11.8 Å². The largest absolute Gasteiger partial charge is 0.496 e. The number of rotatable bonds is 4. The monoisotopic (exact) mass is 458 g/mol. The minimum atomic E-state index is -0.409. The van der Waals surface area contributed by atoms with Crippen molar-refractivity contribution >= 4 is 46.3 Å². The van der Waals surface area contributed by atoms with Crippen molar-refractivity contribution in [1.82, 2.24) is 4.90 Å². The van der Waals surface area contributed by atoms with Gasteiger partial charge in [-0.2, -0.15) is 0 Å². The van der Waals surface area contributed by atoms with Crippen molar-refractivity contribution in [2.75, 3.05) is 25.1 Å². The number of halogens is 2. The van der Waals surface area contributed by atoms with Crippen molar-refractivity contribution in [1.29, 1.82) is 0 Å². The van der Waals surface area contributed by atoms with Crippen LogP contribution in [-0.4, -0.2) is 36.9 Å². The summed E-state index contributed by atoms with van der Waals surface area (Å²) in [5.41, 5.74) is 1.71. The molecule has 0 bridgehead atoms. The van der Waals surface area contributed by atoms with Crippen molar-refractivity contribution in [3.63, 3.8) is 0 Å². The highest BCUT2D eigenvalue weighted by Crippen LogP contribution is 2.40. The topological polar surface area (TPSA) is 49.9 Å². The number of piperidine rings is 1. The lowest BCUT2D eigenvalue weighted by Crippen LogP contribution is -2.42. The van der Waals surface area contributed by atoms with Crippen LogP contribution in [0.25, 0.3) is 5.57 Å². The molecular formula is C24H24Cl2N2O3. The van der Waals surface area contributed by atoms with E-state index in [1.54, 1.807) is 31.4 Å². The Kier molecular flexibility index (Phi) is 6.00. The summed E-state index contributed by atoms with van der Waals surface area (Å²) in [5.74, 6) is 0.583. The number of para-hydroxylation sites is 1. The lowest BCUT2D eigenvalue weighted by Gasteiger charge is -2.37. The Morgan fingerprint density at radius 1 is 0.935 bits per heavy atom. The molecule has 2 aliphatic rings. The number of amides is 2. The zero-order chi connectivity index (χ0) is 22.3. The van der Waals surface area contributed by atoms with Gasteiger partial charge in [0.15, 0.2) is 0 Å². The molecule has 31 heavy (non-hydrogen) atoms. The fourth-order valence-corrected chi connectivity index (χ4v) is 5.17. The molecule has 2 atom stereocenters. The van der Waals surface area contributed by atoms with Crippen LogP contribution in [0, 0.1) is 11.8 Å². The molecule has 2 aromatic carbocycles. The highest BCUT2D eigenvalue weighted by Gasteiger charge is 2.44. The third-order valence-electron chi connectivity index (χ3n) is 5.73. The number of imide groups is 1. The first kappa shape index (κ1) is 21.7. The number of benzene rings is 2. The molecule has 4 rings (SSSR count). The highest BCUT2D eigenvalue weighted by atomic mass is 35.5. The highest BCUT2D eigenvalue weighted by molar-refractivity contribution is 6.46. The molecule has 2 aliphatic heterocycles. The number of hydrogen-bond donors (Lipinski definition) is 0. The Bertz CT molecular complexity index is 1050. The predicted molar refractivity (Wildman–Crippen MR) is 123 cm³/mol. The van der Waals surface area contributed by atoms with Crippen molar-refractivity contribution in [3.8, 4) is 5.75 Å². The summed E-state index contributed by atoms with van der Waals surface area (Å²) in [6, 6.07) is 12.0. The normalized spacial score (nSPS) is 21.8. The van der Waals surface area contributed by atoms with Crippen LogP contribution in [0.5, 0.6) is 5.75 Å². The summed E-state index contributed by atoms with van der Waals surface area (Å²) in [7, 11) is 1.56. The van der Waals surface area contributed by atoms with Crippen LogP contribution in [0.15, 0.2) is 48.2 Å². The standard InChI is InChI=1S/C24H24Cl2N2O3/c1-14-8-15(2)13-27(12-14)22-21(19-6-4-5-7-20(19)31-3)23(29)28(24(22)30)18-10-16(25)9-17(26)11-18/h4-7,9-11,14-15H,8,12-13H2,1-3H3. The van der Waals surface area contributed by atoms with E-state index in [0.717, 1.165) is 6.42 Å². The average Bonchev–Trinajstić information content (AvgIpc) is 2.96. The Hall–Kier alpha value is -2.50. The fraction of sp³-hybridized carbons (Fsp3) is 0.333. The number of ether oxygens (including phenoxy) is 1. The van der Waals surface area contributed by atoms with E-state index in [2.05, 4.69) is 13.8 Å². The Morgan fingerprint density at radius 3 is 2.16 bits per heavy atom. The molecule has 162 valence electrons. The molecule has 2 amide bonds. The summed E-state index contributed by atoms with van der Waals surface area (Å²) < 4.78 is 5.52. The summed E-state index contributed by atoms with van der Waals surface area (Å²) >= 11 is 12.3. The molecule has 0 aromatic heterocycles. The molecule has 2 unspecified atom stereocenters. The maximum atomic E-state index is 13.7. The van der Waals surface area contributed by atoms with Gasteiger partial charge in [0.25, 0.3) is 11.8 Å². The van der Waals surface area contributed by atoms with E-state index in [-0.39, 0.29) is 5.91 Å². The van der Waals surface area contributed by atoms with Gasteiger partial charge in [-0.15, -0.1) is 0 Å². The number of nitrogens with zero attached hydrogens (tertiary/aromatic N) is 2. The smallest absolute Gasteiger partial charge is 0.282 e. The molecule has 1 fully saturated rings. The van der Waals surface area contributed by atoms with E-state index >= 15 is 0 Å². The number of hydrogen-bond acceptors (Lipinski definition) is 4. The van der Waals surface area contributed by atoms with E-state index in [9.17, 15) is 9.59 Å². The lowest BCUT2D eigenvalue weighted by molar-refractivity contribution is -0.120. The zero-order valence-electron chi connectivity index (χ0n) is 17.7. The molecule has 0 saturated carbocycles. The van der Waals surface area contributed by atoms with Crippen molar-refractivity contribution < 1.29 is 14.3 Å². The van der Waals surface area contributed by atoms with Crippen LogP contribution in [0.2, 0.25) is 10.0 Å². The summed E-state index contributed by atoms with van der Waals surface area (Å²) in [4.78, 5) is 30.6. The van der Waals surface area contributed by atoms with Gasteiger partial charge in [0.05, 0.1) is 18.4 Å². The fourth-order valence-electron chi connectivity index (χ4n) is 4.65. The zero-order valence-corrected chi connectivity index (χ0v) is 19.2. The van der Waals surface area contributed by atoms with E-state index in [1.807, 2.05) is 23.1 Å². The minimum Gasteiger partial charge on any atom is -0.496 e. The first-order valence-electron chi connectivity index (χ1n) is 10.3. The second-order valence-corrected chi connectivity index (χ2v) is 9.22. The second-order valence-electron chi connectivity index (χ2n) is 8.35. The average molecular weight is 459 g/mol. The number of carbonyl (C=O) groups excluding carboxylic acids is 2. The number of likely N-dealkylation sites (tertiary alicyclic amines) is 1. The Balaban J connectivity index is 1.89. The van der Waals surface area contributed by atoms with Crippen LogP contribution in [0.1, 0.15) is 25.8 Å². The lowest BCUT2D eigenvalue weighted by atomic mass is 9.91. The molecule has 0 radical (unpaired) electrons. The first-order chi connectivity index (χ1) is 14.8. The molecular weight excluding hydrogens is 435 g/mol. The molecule has 7 heteroatoms. The van der Waals surface area contributed by atoms with Crippen LogP contribution in [0.4, 0.5) is 5.69 Å². The van der Waals surface area contributed by atoms with Gasteiger partial charge in [-0.3, -0.25) is 9.59 Å². The van der Waals surface area contributed by atoms with Gasteiger partial charge in [-0.1, -0.05) is 55.2 Å². The van der Waals surface area contributed by atoms with Gasteiger partial charge in [0.1, 0.15) is 11.4 Å². The van der Waals surface area contributed by atoms with Crippen molar-refractivity contribution in [3.05, 3.63) is 63.8 Å². The van der Waals surface area contributed by atoms with E-state index in [1.165, 1.54) is 4.90 Å². The van der Waals surface area contributed by atoms with Crippen LogP contribution in [-0.2, 0) is 9.59 Å². The molecule has 0 N–H and O–H groups in total. The summed E-state index contributed by atoms with van der Waals surface area (Å²) in [6.07, 6.45) is 1.09. The van der Waals surface area contributed by atoms with Crippen LogP contribution < -0.4 is 9.64 Å². The third kappa shape index (κ3) is 4.04. The Labute approximate surface area is 192 Å². The third-order valence-corrected chi connectivity index (χ3v) is 6.16. The Morgan fingerprint density at radius 2 is 1.55 bits per heavy atom. The SMILES string of the molecule is COc1ccccc1C1=C(N2CC(C)CC(C)C2)C(=O)N(c2cc(Cl)cc(Cl)c2)C1=O. The molecule has 1 saturated heterocycles. The van der Waals surface area contributed by atoms with Gasteiger partial charge in [0, 0.05) is 28.7 Å². The van der Waals surface area contributed by atoms with Gasteiger partial charge in [0.2, 0.25) is 0 Å². The molecule has 0 aliphatic carbocycles. The molecule has 0 spiro atoms. The number of anilines is 1. The van der Waals surface area contributed by atoms with Gasteiger partial charge >= 0.3 is 0 Å². The number of carbonyl (C=O) groups is 2. The predicted octanol–water partition coefficient (Wildman–Crippen LogP) is 5.26. The van der Waals surface area contributed by atoms with Gasteiger partial charge in [-0.05, 0) is 42.5 Å². The first-order valence-corrected chi connectivity index (χ1v) is 11.0. The van der Waals surface area contributed by atoms with Crippen LogP contribution in [0.3, 0.4) is 0 Å². The van der Waals surface area contributed by atoms with E-state index < -0.39 is 5.91 Å².